The molecule has 0 atom stereocenters. The van der Waals surface area contributed by atoms with E-state index in [0.717, 1.165) is 26.6 Å². The van der Waals surface area contributed by atoms with Crippen LogP contribution < -0.4 is 0 Å². The fraction of sp³-hybridized carbons (Fsp3) is 0. The first-order valence-electron chi connectivity index (χ1n) is 7.54. The molecule has 0 unspecified atom stereocenters. The largest absolute Gasteiger partial charge is 0.299 e. The topological polar surface area (TPSA) is 34.4 Å². The van der Waals surface area contributed by atoms with Crippen molar-refractivity contribution in [3.05, 3.63) is 88.8 Å². The zero-order chi connectivity index (χ0) is 16.5. The van der Waals surface area contributed by atoms with Gasteiger partial charge < -0.3 is 0 Å². The van der Waals surface area contributed by atoms with Crippen LogP contribution in [0.25, 0.3) is 22.5 Å². The molecule has 24 heavy (non-hydrogen) atoms. The van der Waals surface area contributed by atoms with Gasteiger partial charge in [0.15, 0.2) is 5.78 Å². The van der Waals surface area contributed by atoms with E-state index in [4.69, 9.17) is 0 Å². The summed E-state index contributed by atoms with van der Waals surface area (Å²) in [4.78, 5) is 16.8. The first-order valence-corrected chi connectivity index (χ1v) is 8.34. The monoisotopic (exact) mass is 376 g/mol. The van der Waals surface area contributed by atoms with Gasteiger partial charge in [-0.3, -0.25) is 9.20 Å². The number of benzene rings is 2. The third-order valence-electron chi connectivity index (χ3n) is 3.94. The lowest BCUT2D eigenvalue weighted by Gasteiger charge is -2.01. The van der Waals surface area contributed by atoms with Crippen LogP contribution in [0.4, 0.5) is 0 Å². The summed E-state index contributed by atoms with van der Waals surface area (Å²) in [5.41, 5.74) is 2.39. The van der Waals surface area contributed by atoms with Crippen LogP contribution in [0, 0.1) is 0 Å². The molecule has 0 aliphatic heterocycles. The molecular weight excluding hydrogens is 364 g/mol. The Kier molecular flexibility index (Phi) is 3.75. The molecule has 116 valence electrons. The summed E-state index contributed by atoms with van der Waals surface area (Å²) >= 11 is 3.45. The summed E-state index contributed by atoms with van der Waals surface area (Å²) in [6, 6.07) is 17.6. The van der Waals surface area contributed by atoms with Crippen molar-refractivity contribution in [2.45, 2.75) is 0 Å². The lowest BCUT2D eigenvalue weighted by molar-refractivity contribution is 0.104. The smallest absolute Gasteiger partial charge is 0.185 e. The van der Waals surface area contributed by atoms with Gasteiger partial charge >= 0.3 is 0 Å². The van der Waals surface area contributed by atoms with Crippen molar-refractivity contribution in [1.29, 1.82) is 0 Å². The number of hydrogen-bond acceptors (Lipinski definition) is 2. The third kappa shape index (κ3) is 2.76. The summed E-state index contributed by atoms with van der Waals surface area (Å²) in [6.45, 7) is 0. The maximum Gasteiger partial charge on any atom is 0.185 e. The van der Waals surface area contributed by atoms with Crippen molar-refractivity contribution in [3.8, 4) is 0 Å². The first kappa shape index (κ1) is 14.8. The van der Waals surface area contributed by atoms with E-state index in [1.165, 1.54) is 0 Å². The minimum absolute atomic E-state index is 0.0225. The standard InChI is InChI=1S/C20H13BrN2O/c21-17-7-10-20-22-12-18(23(20)13-17)8-9-19(24)16-6-5-14-3-1-2-4-15(14)11-16/h1-13H/b9-8+. The number of aromatic nitrogens is 2. The fourth-order valence-corrected chi connectivity index (χ4v) is 3.03. The van der Waals surface area contributed by atoms with Gasteiger partial charge in [-0.05, 0) is 57.1 Å². The molecule has 2 heterocycles. The zero-order valence-electron chi connectivity index (χ0n) is 12.7. The minimum atomic E-state index is -0.0225. The number of pyridine rings is 1. The van der Waals surface area contributed by atoms with E-state index in [1.807, 2.05) is 65.2 Å². The van der Waals surface area contributed by atoms with Crippen LogP contribution in [0.1, 0.15) is 16.1 Å². The summed E-state index contributed by atoms with van der Waals surface area (Å²) in [6.07, 6.45) is 7.08. The summed E-state index contributed by atoms with van der Waals surface area (Å²) in [7, 11) is 0. The number of rotatable bonds is 3. The Labute approximate surface area is 147 Å². The highest BCUT2D eigenvalue weighted by Gasteiger charge is 2.05. The van der Waals surface area contributed by atoms with Gasteiger partial charge in [-0.2, -0.15) is 0 Å². The third-order valence-corrected chi connectivity index (χ3v) is 4.41. The molecule has 0 amide bonds. The maximum absolute atomic E-state index is 12.5. The SMILES string of the molecule is O=C(/C=C/c1cnc2ccc(Br)cn12)c1ccc2ccccc2c1. The maximum atomic E-state index is 12.5. The Hall–Kier alpha value is -2.72. The molecule has 0 fully saturated rings. The van der Waals surface area contributed by atoms with Gasteiger partial charge in [-0.1, -0.05) is 36.4 Å². The highest BCUT2D eigenvalue weighted by Crippen LogP contribution is 2.17. The van der Waals surface area contributed by atoms with E-state index >= 15 is 0 Å². The number of carbonyl (C=O) groups is 1. The Morgan fingerprint density at radius 3 is 2.75 bits per heavy atom. The van der Waals surface area contributed by atoms with Crippen LogP contribution in [-0.2, 0) is 0 Å². The Balaban J connectivity index is 1.66. The number of carbonyl (C=O) groups excluding carboxylic acids is 1. The van der Waals surface area contributed by atoms with Gasteiger partial charge in [0.25, 0.3) is 0 Å². The lowest BCUT2D eigenvalue weighted by atomic mass is 10.0. The molecule has 0 saturated heterocycles. The fourth-order valence-electron chi connectivity index (χ4n) is 2.70. The quantitative estimate of drug-likeness (QED) is 0.366. The summed E-state index contributed by atoms with van der Waals surface area (Å²) in [5.74, 6) is -0.0225. The number of hydrogen-bond donors (Lipinski definition) is 0. The molecule has 0 bridgehead atoms. The number of fused-ring (bicyclic) bond motifs is 2. The van der Waals surface area contributed by atoms with Crippen molar-refractivity contribution in [2.75, 3.05) is 0 Å². The molecule has 3 nitrogen and oxygen atoms in total. The molecule has 0 radical (unpaired) electrons. The Bertz CT molecular complexity index is 1100. The van der Waals surface area contributed by atoms with Gasteiger partial charge in [0, 0.05) is 16.2 Å². The zero-order valence-corrected chi connectivity index (χ0v) is 14.3. The summed E-state index contributed by atoms with van der Waals surface area (Å²) < 4.78 is 2.90. The highest BCUT2D eigenvalue weighted by atomic mass is 79.9. The Morgan fingerprint density at radius 1 is 1.04 bits per heavy atom. The minimum Gasteiger partial charge on any atom is -0.299 e. The molecular formula is C20H13BrN2O. The van der Waals surface area contributed by atoms with Crippen LogP contribution in [0.5, 0.6) is 0 Å². The van der Waals surface area contributed by atoms with Gasteiger partial charge in [-0.25, -0.2) is 4.98 Å². The number of ketones is 1. The highest BCUT2D eigenvalue weighted by molar-refractivity contribution is 9.10. The lowest BCUT2D eigenvalue weighted by Crippen LogP contribution is -1.94. The van der Waals surface area contributed by atoms with Crippen molar-refractivity contribution < 1.29 is 4.79 Å². The average molecular weight is 377 g/mol. The van der Waals surface area contributed by atoms with Crippen LogP contribution in [0.3, 0.4) is 0 Å². The normalized spacial score (nSPS) is 11.5. The number of imidazole rings is 1. The average Bonchev–Trinajstić information content (AvgIpc) is 3.01. The van der Waals surface area contributed by atoms with Crippen LogP contribution in [-0.4, -0.2) is 15.2 Å². The molecule has 4 rings (SSSR count). The van der Waals surface area contributed by atoms with E-state index < -0.39 is 0 Å². The molecule has 0 N–H and O–H groups in total. The van der Waals surface area contributed by atoms with Crippen LogP contribution >= 0.6 is 15.9 Å². The van der Waals surface area contributed by atoms with Crippen molar-refractivity contribution in [1.82, 2.24) is 9.38 Å². The van der Waals surface area contributed by atoms with Crippen molar-refractivity contribution >= 4 is 44.2 Å². The van der Waals surface area contributed by atoms with E-state index in [-0.39, 0.29) is 5.78 Å². The second-order valence-corrected chi connectivity index (χ2v) is 6.43. The van der Waals surface area contributed by atoms with Gasteiger partial charge in [-0.15, -0.1) is 0 Å². The van der Waals surface area contributed by atoms with E-state index in [1.54, 1.807) is 18.3 Å². The van der Waals surface area contributed by atoms with Crippen LogP contribution in [0.15, 0.2) is 77.5 Å². The van der Waals surface area contributed by atoms with E-state index in [2.05, 4.69) is 20.9 Å². The molecule has 2 aromatic carbocycles. The second-order valence-electron chi connectivity index (χ2n) is 5.52. The second kappa shape index (κ2) is 6.06. The molecule has 4 aromatic rings. The van der Waals surface area contributed by atoms with Gasteiger partial charge in [0.1, 0.15) is 5.65 Å². The van der Waals surface area contributed by atoms with E-state index in [9.17, 15) is 4.79 Å². The molecule has 4 heteroatoms. The molecule has 0 aliphatic carbocycles. The first-order chi connectivity index (χ1) is 11.7. The number of allylic oxidation sites excluding steroid dienone is 1. The van der Waals surface area contributed by atoms with Crippen LogP contribution in [0.2, 0.25) is 0 Å². The summed E-state index contributed by atoms with van der Waals surface area (Å²) in [5, 5.41) is 2.19. The van der Waals surface area contributed by atoms with Gasteiger partial charge in [0.05, 0.1) is 11.9 Å². The predicted molar refractivity (Wildman–Crippen MR) is 100 cm³/mol. The van der Waals surface area contributed by atoms with Crippen molar-refractivity contribution in [2.24, 2.45) is 0 Å². The molecule has 0 spiro atoms. The van der Waals surface area contributed by atoms with Crippen molar-refractivity contribution in [3.63, 3.8) is 0 Å². The predicted octanol–water partition coefficient (Wildman–Crippen LogP) is 5.15. The van der Waals surface area contributed by atoms with E-state index in [0.29, 0.717) is 5.56 Å². The number of halogens is 1. The van der Waals surface area contributed by atoms with Gasteiger partial charge in [0.2, 0.25) is 0 Å². The Morgan fingerprint density at radius 2 is 1.88 bits per heavy atom. The molecule has 0 aliphatic rings. The number of nitrogens with zero attached hydrogens (tertiary/aromatic N) is 2. The molecule has 2 aromatic heterocycles. The molecule has 0 saturated carbocycles.